The van der Waals surface area contributed by atoms with Gasteiger partial charge in [-0.2, -0.15) is 15.3 Å². The molecule has 0 atom stereocenters. The molecular weight excluding hydrogens is 488 g/mol. The van der Waals surface area contributed by atoms with Crippen LogP contribution in [0.25, 0.3) is 0 Å². The van der Waals surface area contributed by atoms with E-state index >= 15 is 0 Å². The Bertz CT molecular complexity index is 1310. The highest BCUT2D eigenvalue weighted by atomic mass is 79.9. The molecule has 2 amide bonds. The lowest BCUT2D eigenvalue weighted by molar-refractivity contribution is 0.102. The van der Waals surface area contributed by atoms with Crippen LogP contribution in [0.5, 0.6) is 0 Å². The molecule has 4 rings (SSSR count). The maximum absolute atomic E-state index is 12.9. The van der Waals surface area contributed by atoms with E-state index in [1.165, 1.54) is 0 Å². The van der Waals surface area contributed by atoms with E-state index in [1.807, 2.05) is 39.0 Å². The van der Waals surface area contributed by atoms with Gasteiger partial charge in [0.1, 0.15) is 6.67 Å². The lowest BCUT2D eigenvalue weighted by Crippen LogP contribution is -2.19. The van der Waals surface area contributed by atoms with Crippen molar-refractivity contribution in [1.29, 1.82) is 0 Å². The third-order valence-corrected chi connectivity index (χ3v) is 6.17. The van der Waals surface area contributed by atoms with Gasteiger partial charge in [0.2, 0.25) is 0 Å². The minimum absolute atomic E-state index is 0.126. The minimum Gasteiger partial charge on any atom is -0.321 e. The fourth-order valence-corrected chi connectivity index (χ4v) is 3.54. The molecule has 0 aliphatic carbocycles. The van der Waals surface area contributed by atoms with Gasteiger partial charge in [0.25, 0.3) is 11.8 Å². The number of hydrogen-bond donors (Lipinski definition) is 2. The van der Waals surface area contributed by atoms with Crippen LogP contribution in [0, 0.1) is 13.8 Å². The van der Waals surface area contributed by atoms with Crippen molar-refractivity contribution in [1.82, 2.24) is 29.3 Å². The lowest BCUT2D eigenvalue weighted by atomic mass is 10.3. The fourth-order valence-electron chi connectivity index (χ4n) is 3.25. The van der Waals surface area contributed by atoms with E-state index in [9.17, 15) is 9.59 Å². The van der Waals surface area contributed by atoms with Gasteiger partial charge in [-0.15, -0.1) is 0 Å². The van der Waals surface area contributed by atoms with Gasteiger partial charge >= 0.3 is 0 Å². The number of nitrogens with zero attached hydrogens (tertiary/aromatic N) is 6. The molecule has 0 saturated heterocycles. The fraction of sp³-hybridized carbons (Fsp3) is 0.227. The van der Waals surface area contributed by atoms with E-state index in [0.717, 1.165) is 15.9 Å². The SMILES string of the molecule is CCn1cc(NC(=O)c2ccn(Cn3nc(C)c(Br)c3C)n2)c(C(=O)Nc2ccccc2)n1. The monoisotopic (exact) mass is 510 g/mol. The number of halogens is 1. The van der Waals surface area contributed by atoms with Gasteiger partial charge in [0, 0.05) is 24.6 Å². The van der Waals surface area contributed by atoms with Crippen molar-refractivity contribution >= 4 is 39.1 Å². The van der Waals surface area contributed by atoms with Gasteiger partial charge in [-0.05, 0) is 54.9 Å². The Morgan fingerprint density at radius 1 is 0.970 bits per heavy atom. The Balaban J connectivity index is 1.50. The number of nitrogens with one attached hydrogen (secondary N) is 2. The van der Waals surface area contributed by atoms with Crippen LogP contribution in [-0.2, 0) is 13.2 Å². The molecule has 2 N–H and O–H groups in total. The van der Waals surface area contributed by atoms with Crippen molar-refractivity contribution in [2.75, 3.05) is 10.6 Å². The number of hydrogen-bond acceptors (Lipinski definition) is 5. The van der Waals surface area contributed by atoms with E-state index in [4.69, 9.17) is 0 Å². The Hall–Kier alpha value is -3.73. The number of carbonyl (C=O) groups is 2. The largest absolute Gasteiger partial charge is 0.321 e. The molecule has 0 saturated carbocycles. The number of benzene rings is 1. The van der Waals surface area contributed by atoms with E-state index in [1.54, 1.807) is 44.6 Å². The number of aromatic nitrogens is 6. The Kier molecular flexibility index (Phi) is 6.40. The molecule has 0 aliphatic rings. The van der Waals surface area contributed by atoms with Crippen LogP contribution in [-0.4, -0.2) is 41.2 Å². The molecule has 33 heavy (non-hydrogen) atoms. The number of para-hydroxylation sites is 1. The van der Waals surface area contributed by atoms with Crippen LogP contribution in [0.2, 0.25) is 0 Å². The van der Waals surface area contributed by atoms with Crippen molar-refractivity contribution in [3.8, 4) is 0 Å². The van der Waals surface area contributed by atoms with Crippen molar-refractivity contribution < 1.29 is 9.59 Å². The molecule has 0 bridgehead atoms. The van der Waals surface area contributed by atoms with Crippen LogP contribution in [0.1, 0.15) is 39.3 Å². The standard InChI is InChI=1S/C22H23BrN8O2/c1-4-29-12-18(20(28-29)22(33)24-16-8-6-5-7-9-16)25-21(32)17-10-11-30(27-17)13-31-15(3)19(23)14(2)26-31/h5-12H,4,13H2,1-3H3,(H,24,33)(H,25,32). The second-order valence-electron chi connectivity index (χ2n) is 7.39. The highest BCUT2D eigenvalue weighted by Crippen LogP contribution is 2.20. The first-order valence-corrected chi connectivity index (χ1v) is 11.1. The Morgan fingerprint density at radius 3 is 2.39 bits per heavy atom. The van der Waals surface area contributed by atoms with Gasteiger partial charge in [-0.25, -0.2) is 4.68 Å². The van der Waals surface area contributed by atoms with Gasteiger partial charge in [-0.1, -0.05) is 18.2 Å². The first-order valence-electron chi connectivity index (χ1n) is 10.3. The zero-order valence-electron chi connectivity index (χ0n) is 18.4. The summed E-state index contributed by atoms with van der Waals surface area (Å²) in [7, 11) is 0. The molecular formula is C22H23BrN8O2. The maximum atomic E-state index is 12.9. The van der Waals surface area contributed by atoms with Crippen molar-refractivity contribution in [2.24, 2.45) is 0 Å². The quantitative estimate of drug-likeness (QED) is 0.393. The molecule has 0 radical (unpaired) electrons. The van der Waals surface area contributed by atoms with Crippen molar-refractivity contribution in [3.63, 3.8) is 0 Å². The molecule has 3 heterocycles. The van der Waals surface area contributed by atoms with Gasteiger partial charge < -0.3 is 10.6 Å². The summed E-state index contributed by atoms with van der Waals surface area (Å²) in [5.74, 6) is -0.850. The van der Waals surface area contributed by atoms with E-state index in [2.05, 4.69) is 41.9 Å². The zero-order chi connectivity index (χ0) is 23.5. The van der Waals surface area contributed by atoms with Crippen LogP contribution in [0.15, 0.2) is 53.3 Å². The number of carbonyl (C=O) groups excluding carboxylic acids is 2. The molecule has 0 aliphatic heterocycles. The molecule has 170 valence electrons. The molecule has 3 aromatic heterocycles. The number of amides is 2. The third kappa shape index (κ3) is 4.87. The predicted molar refractivity (Wildman–Crippen MR) is 127 cm³/mol. The summed E-state index contributed by atoms with van der Waals surface area (Å²) in [4.78, 5) is 25.6. The summed E-state index contributed by atoms with van der Waals surface area (Å²) in [6.45, 7) is 6.68. The summed E-state index contributed by atoms with van der Waals surface area (Å²) in [6.07, 6.45) is 3.33. The highest BCUT2D eigenvalue weighted by molar-refractivity contribution is 9.10. The van der Waals surface area contributed by atoms with Crippen LogP contribution in [0.3, 0.4) is 0 Å². The van der Waals surface area contributed by atoms with Crippen LogP contribution >= 0.6 is 15.9 Å². The molecule has 0 unspecified atom stereocenters. The van der Waals surface area contributed by atoms with E-state index in [-0.39, 0.29) is 11.4 Å². The lowest BCUT2D eigenvalue weighted by Gasteiger charge is -2.06. The molecule has 1 aromatic carbocycles. The normalized spacial score (nSPS) is 10.9. The third-order valence-electron chi connectivity index (χ3n) is 5.03. The second kappa shape index (κ2) is 9.41. The van der Waals surface area contributed by atoms with Crippen molar-refractivity contribution in [3.05, 3.63) is 76.0 Å². The Labute approximate surface area is 198 Å². The van der Waals surface area contributed by atoms with Gasteiger partial charge in [-0.3, -0.25) is 19.0 Å². The van der Waals surface area contributed by atoms with Gasteiger partial charge in [0.05, 0.1) is 21.5 Å². The summed E-state index contributed by atoms with van der Waals surface area (Å²) < 4.78 is 5.96. The number of anilines is 2. The average molecular weight is 511 g/mol. The van der Waals surface area contributed by atoms with Crippen molar-refractivity contribution in [2.45, 2.75) is 34.0 Å². The maximum Gasteiger partial charge on any atom is 0.278 e. The first-order chi connectivity index (χ1) is 15.9. The minimum atomic E-state index is -0.437. The molecule has 4 aromatic rings. The summed E-state index contributed by atoms with van der Waals surface area (Å²) in [6, 6.07) is 10.7. The average Bonchev–Trinajstić information content (AvgIpc) is 3.50. The highest BCUT2D eigenvalue weighted by Gasteiger charge is 2.20. The number of aryl methyl sites for hydroxylation is 2. The topological polar surface area (TPSA) is 112 Å². The summed E-state index contributed by atoms with van der Waals surface area (Å²) >= 11 is 3.51. The van der Waals surface area contributed by atoms with Gasteiger partial charge in [0.15, 0.2) is 11.4 Å². The summed E-state index contributed by atoms with van der Waals surface area (Å²) in [5.41, 5.74) is 3.14. The summed E-state index contributed by atoms with van der Waals surface area (Å²) in [5, 5.41) is 18.7. The zero-order valence-corrected chi connectivity index (χ0v) is 20.0. The van der Waals surface area contributed by atoms with E-state index in [0.29, 0.717) is 24.6 Å². The molecule has 10 nitrogen and oxygen atoms in total. The smallest absolute Gasteiger partial charge is 0.278 e. The predicted octanol–water partition coefficient (Wildman–Crippen LogP) is 3.69. The van der Waals surface area contributed by atoms with Crippen LogP contribution in [0.4, 0.5) is 11.4 Å². The first kappa shape index (κ1) is 22.5. The van der Waals surface area contributed by atoms with E-state index < -0.39 is 11.8 Å². The Morgan fingerprint density at radius 2 is 1.73 bits per heavy atom. The van der Waals surface area contributed by atoms with Crippen LogP contribution < -0.4 is 10.6 Å². The number of rotatable bonds is 7. The molecule has 11 heteroatoms. The molecule has 0 spiro atoms. The second-order valence-corrected chi connectivity index (χ2v) is 8.18. The molecule has 0 fully saturated rings.